The Balaban J connectivity index is 1.39. The van der Waals surface area contributed by atoms with Crippen LogP contribution in [0.4, 0.5) is 0 Å². The average molecular weight is 519 g/mol. The standard InChI is InChI=1S/C29H30N2O5S/c1-37(33,34)26-10-2-21(3-11-26)27-12-4-22-20-23(32)5-13-28(22)29(27)36-25-8-6-24(7-9-25)35-19-18-31-16-14-30-15-17-31/h2-13,20,30,32H,14-19H2,1H3. The van der Waals surface area contributed by atoms with E-state index in [1.54, 1.807) is 36.4 Å². The molecule has 1 saturated heterocycles. The quantitative estimate of drug-likeness (QED) is 0.350. The lowest BCUT2D eigenvalue weighted by molar-refractivity contribution is 0.191. The Labute approximate surface area is 217 Å². The van der Waals surface area contributed by atoms with Gasteiger partial charge in [-0.3, -0.25) is 4.90 Å². The van der Waals surface area contributed by atoms with E-state index in [0.717, 1.165) is 60.4 Å². The third kappa shape index (κ3) is 6.05. The number of phenolic OH excluding ortho intramolecular Hbond substituents is 1. The van der Waals surface area contributed by atoms with E-state index < -0.39 is 9.84 Å². The number of aromatic hydroxyl groups is 1. The largest absolute Gasteiger partial charge is 0.508 e. The summed E-state index contributed by atoms with van der Waals surface area (Å²) in [5.74, 6) is 2.22. The Morgan fingerprint density at radius 1 is 0.892 bits per heavy atom. The molecule has 0 bridgehead atoms. The Morgan fingerprint density at radius 2 is 1.59 bits per heavy atom. The van der Waals surface area contributed by atoms with Crippen molar-refractivity contribution in [2.24, 2.45) is 0 Å². The minimum Gasteiger partial charge on any atom is -0.508 e. The van der Waals surface area contributed by atoms with Gasteiger partial charge in [0.05, 0.1) is 4.90 Å². The summed E-state index contributed by atoms with van der Waals surface area (Å²) in [6.07, 6.45) is 1.19. The molecule has 4 aromatic carbocycles. The van der Waals surface area contributed by atoms with E-state index in [9.17, 15) is 13.5 Å². The normalized spacial score (nSPS) is 14.5. The monoisotopic (exact) mass is 518 g/mol. The number of hydrogen-bond acceptors (Lipinski definition) is 7. The average Bonchev–Trinajstić information content (AvgIpc) is 2.90. The maximum absolute atomic E-state index is 11.9. The molecule has 0 spiro atoms. The van der Waals surface area contributed by atoms with Gasteiger partial charge in [-0.15, -0.1) is 0 Å². The highest BCUT2D eigenvalue weighted by Crippen LogP contribution is 2.41. The second kappa shape index (κ2) is 10.8. The molecule has 0 unspecified atom stereocenters. The van der Waals surface area contributed by atoms with Gasteiger partial charge >= 0.3 is 0 Å². The number of nitrogens with one attached hydrogen (secondary N) is 1. The molecule has 7 nitrogen and oxygen atoms in total. The molecule has 0 amide bonds. The number of fused-ring (bicyclic) bond motifs is 1. The van der Waals surface area contributed by atoms with Crippen molar-refractivity contribution in [1.82, 2.24) is 10.2 Å². The minimum absolute atomic E-state index is 0.172. The highest BCUT2D eigenvalue weighted by Gasteiger charge is 2.15. The maximum atomic E-state index is 11.9. The van der Waals surface area contributed by atoms with Crippen molar-refractivity contribution in [2.75, 3.05) is 45.6 Å². The molecular formula is C29H30N2O5S. The molecule has 2 N–H and O–H groups in total. The zero-order valence-corrected chi connectivity index (χ0v) is 21.5. The van der Waals surface area contributed by atoms with Crippen LogP contribution in [0.3, 0.4) is 0 Å². The van der Waals surface area contributed by atoms with Gasteiger partial charge in [0.2, 0.25) is 0 Å². The van der Waals surface area contributed by atoms with Crippen LogP contribution in [0.1, 0.15) is 0 Å². The van der Waals surface area contributed by atoms with E-state index in [1.165, 1.54) is 6.26 Å². The Morgan fingerprint density at radius 3 is 2.30 bits per heavy atom. The molecule has 0 aromatic heterocycles. The van der Waals surface area contributed by atoms with E-state index in [4.69, 9.17) is 9.47 Å². The molecule has 5 rings (SSSR count). The van der Waals surface area contributed by atoms with Crippen LogP contribution >= 0.6 is 0 Å². The highest BCUT2D eigenvalue weighted by molar-refractivity contribution is 7.90. The van der Waals surface area contributed by atoms with Crippen molar-refractivity contribution < 1.29 is 23.0 Å². The van der Waals surface area contributed by atoms with Crippen LogP contribution in [0.2, 0.25) is 0 Å². The van der Waals surface area contributed by atoms with Gasteiger partial charge in [0.25, 0.3) is 0 Å². The Kier molecular flexibility index (Phi) is 7.32. The van der Waals surface area contributed by atoms with Gasteiger partial charge in [-0.2, -0.15) is 0 Å². The van der Waals surface area contributed by atoms with Gasteiger partial charge in [0.15, 0.2) is 9.84 Å². The first-order chi connectivity index (χ1) is 17.9. The van der Waals surface area contributed by atoms with Crippen molar-refractivity contribution in [1.29, 1.82) is 0 Å². The summed E-state index contributed by atoms with van der Waals surface area (Å²) in [5, 5.41) is 15.0. The van der Waals surface area contributed by atoms with Crippen molar-refractivity contribution >= 4 is 20.6 Å². The van der Waals surface area contributed by atoms with Crippen molar-refractivity contribution in [3.63, 3.8) is 0 Å². The van der Waals surface area contributed by atoms with E-state index in [-0.39, 0.29) is 10.6 Å². The fraction of sp³-hybridized carbons (Fsp3) is 0.241. The van der Waals surface area contributed by atoms with Gasteiger partial charge in [0.1, 0.15) is 29.6 Å². The molecule has 1 aliphatic heterocycles. The van der Waals surface area contributed by atoms with Crippen molar-refractivity contribution in [3.8, 4) is 34.1 Å². The van der Waals surface area contributed by atoms with Gasteiger partial charge in [-0.05, 0) is 71.6 Å². The number of benzene rings is 4. The SMILES string of the molecule is CS(=O)(=O)c1ccc(-c2ccc3cc(O)ccc3c2Oc2ccc(OCCN3CCNCC3)cc2)cc1. The van der Waals surface area contributed by atoms with E-state index >= 15 is 0 Å². The third-order valence-electron chi connectivity index (χ3n) is 6.48. The first-order valence-corrected chi connectivity index (χ1v) is 14.2. The lowest BCUT2D eigenvalue weighted by atomic mass is 9.99. The van der Waals surface area contributed by atoms with Gasteiger partial charge < -0.3 is 19.9 Å². The van der Waals surface area contributed by atoms with Gasteiger partial charge in [-0.1, -0.05) is 18.2 Å². The van der Waals surface area contributed by atoms with Crippen LogP contribution < -0.4 is 14.8 Å². The van der Waals surface area contributed by atoms with Crippen LogP contribution in [0.25, 0.3) is 21.9 Å². The van der Waals surface area contributed by atoms with Crippen LogP contribution in [0.15, 0.2) is 83.8 Å². The summed E-state index contributed by atoms with van der Waals surface area (Å²) in [5.41, 5.74) is 1.64. The summed E-state index contributed by atoms with van der Waals surface area (Å²) >= 11 is 0. The summed E-state index contributed by atoms with van der Waals surface area (Å²) in [7, 11) is -3.29. The number of phenols is 1. The molecule has 0 radical (unpaired) electrons. The highest BCUT2D eigenvalue weighted by atomic mass is 32.2. The predicted octanol–water partition coefficient (Wildman–Crippen LogP) is 4.69. The zero-order chi connectivity index (χ0) is 25.8. The molecule has 4 aromatic rings. The summed E-state index contributed by atoms with van der Waals surface area (Å²) in [6.45, 7) is 5.63. The first kappa shape index (κ1) is 25.1. The summed E-state index contributed by atoms with van der Waals surface area (Å²) in [6, 6.07) is 23.2. The number of nitrogens with zero attached hydrogens (tertiary/aromatic N) is 1. The molecule has 192 valence electrons. The van der Waals surface area contributed by atoms with Gasteiger partial charge in [-0.25, -0.2) is 8.42 Å². The molecule has 1 aliphatic rings. The summed E-state index contributed by atoms with van der Waals surface area (Å²) in [4.78, 5) is 2.65. The molecule has 8 heteroatoms. The van der Waals surface area contributed by atoms with Crippen molar-refractivity contribution in [2.45, 2.75) is 4.90 Å². The molecule has 1 fully saturated rings. The van der Waals surface area contributed by atoms with Crippen LogP contribution in [-0.4, -0.2) is 64.0 Å². The minimum atomic E-state index is -3.29. The lowest BCUT2D eigenvalue weighted by Gasteiger charge is -2.26. The summed E-state index contributed by atoms with van der Waals surface area (Å²) < 4.78 is 36.1. The molecular weight excluding hydrogens is 488 g/mol. The molecule has 1 heterocycles. The second-order valence-corrected chi connectivity index (χ2v) is 11.2. The van der Waals surface area contributed by atoms with Crippen molar-refractivity contribution in [3.05, 3.63) is 78.9 Å². The smallest absolute Gasteiger partial charge is 0.175 e. The number of piperazine rings is 1. The third-order valence-corrected chi connectivity index (χ3v) is 7.61. The van der Waals surface area contributed by atoms with Crippen LogP contribution in [0.5, 0.6) is 23.0 Å². The van der Waals surface area contributed by atoms with Crippen LogP contribution in [-0.2, 0) is 9.84 Å². The van der Waals surface area contributed by atoms with Gasteiger partial charge in [0, 0.05) is 49.9 Å². The molecule has 37 heavy (non-hydrogen) atoms. The van der Waals surface area contributed by atoms with E-state index in [1.807, 2.05) is 42.5 Å². The topological polar surface area (TPSA) is 88.1 Å². The van der Waals surface area contributed by atoms with Crippen LogP contribution in [0, 0.1) is 0 Å². The fourth-order valence-electron chi connectivity index (χ4n) is 4.46. The number of rotatable bonds is 8. The number of sulfone groups is 1. The maximum Gasteiger partial charge on any atom is 0.175 e. The fourth-order valence-corrected chi connectivity index (χ4v) is 5.09. The number of ether oxygens (including phenoxy) is 2. The molecule has 0 saturated carbocycles. The zero-order valence-electron chi connectivity index (χ0n) is 20.7. The van der Waals surface area contributed by atoms with E-state index in [0.29, 0.717) is 18.1 Å². The molecule has 0 atom stereocenters. The predicted molar refractivity (Wildman–Crippen MR) is 145 cm³/mol. The second-order valence-electron chi connectivity index (χ2n) is 9.16. The Bertz CT molecular complexity index is 1480. The lowest BCUT2D eigenvalue weighted by Crippen LogP contribution is -2.44. The first-order valence-electron chi connectivity index (χ1n) is 12.3. The number of hydrogen-bond donors (Lipinski definition) is 2. The van der Waals surface area contributed by atoms with E-state index in [2.05, 4.69) is 10.2 Å². The Hall–Kier alpha value is -3.59. The molecule has 0 aliphatic carbocycles.